The third-order valence-electron chi connectivity index (χ3n) is 2.24. The zero-order chi connectivity index (χ0) is 10.7. The average Bonchev–Trinajstić information content (AvgIpc) is 2.15. The van der Waals surface area contributed by atoms with Gasteiger partial charge in [-0.2, -0.15) is 0 Å². The first-order chi connectivity index (χ1) is 6.57. The highest BCUT2D eigenvalue weighted by atomic mass is 19.1. The highest BCUT2D eigenvalue weighted by Gasteiger charge is 2.14. The second-order valence-electron chi connectivity index (χ2n) is 3.23. The van der Waals surface area contributed by atoms with E-state index in [1.165, 1.54) is 19.1 Å². The Morgan fingerprint density at radius 1 is 1.50 bits per heavy atom. The van der Waals surface area contributed by atoms with Gasteiger partial charge in [-0.25, -0.2) is 4.39 Å². The van der Waals surface area contributed by atoms with Crippen molar-refractivity contribution in [2.45, 2.75) is 19.4 Å². The Hall–Kier alpha value is -1.13. The van der Waals surface area contributed by atoms with Crippen molar-refractivity contribution in [3.05, 3.63) is 29.1 Å². The first-order valence-corrected chi connectivity index (χ1v) is 4.42. The molecule has 0 saturated heterocycles. The molecule has 1 atom stereocenters. The van der Waals surface area contributed by atoms with E-state index in [0.717, 1.165) is 0 Å². The normalized spacial score (nSPS) is 12.9. The average molecular weight is 199 g/mol. The van der Waals surface area contributed by atoms with Crippen molar-refractivity contribution in [1.29, 1.82) is 0 Å². The summed E-state index contributed by atoms with van der Waals surface area (Å²) in [6.07, 6.45) is 0.346. The van der Waals surface area contributed by atoms with Gasteiger partial charge in [-0.15, -0.1) is 0 Å². The minimum Gasteiger partial charge on any atom is -0.507 e. The summed E-state index contributed by atoms with van der Waals surface area (Å²) in [6.45, 7) is 1.43. The van der Waals surface area contributed by atoms with Gasteiger partial charge in [0.05, 0.1) is 0 Å². The van der Waals surface area contributed by atoms with Gasteiger partial charge in [0, 0.05) is 23.8 Å². The molecule has 0 heterocycles. The van der Waals surface area contributed by atoms with E-state index in [9.17, 15) is 9.50 Å². The van der Waals surface area contributed by atoms with Gasteiger partial charge in [-0.3, -0.25) is 0 Å². The Morgan fingerprint density at radius 3 is 2.71 bits per heavy atom. The van der Waals surface area contributed by atoms with Gasteiger partial charge in [-0.05, 0) is 19.4 Å². The van der Waals surface area contributed by atoms with Crippen molar-refractivity contribution in [1.82, 2.24) is 0 Å². The number of phenols is 1. The van der Waals surface area contributed by atoms with Crippen LogP contribution in [0.1, 0.15) is 23.6 Å². The van der Waals surface area contributed by atoms with E-state index in [0.29, 0.717) is 12.0 Å². The molecule has 1 rings (SSSR count). The number of aliphatic hydroxyl groups excluding tert-OH is 1. The van der Waals surface area contributed by atoms with E-state index in [-0.39, 0.29) is 17.9 Å². The Kier molecular flexibility index (Phi) is 3.43. The molecule has 0 aliphatic heterocycles. The predicted molar refractivity (Wildman–Crippen MR) is 51.4 cm³/mol. The second kappa shape index (κ2) is 4.39. The highest BCUT2D eigenvalue weighted by Crippen LogP contribution is 2.29. The van der Waals surface area contributed by atoms with E-state index in [2.05, 4.69) is 0 Å². The molecule has 14 heavy (non-hydrogen) atoms. The van der Waals surface area contributed by atoms with Crippen LogP contribution in [-0.2, 0) is 0 Å². The van der Waals surface area contributed by atoms with E-state index in [1.54, 1.807) is 0 Å². The number of hydrogen-bond donors (Lipinski definition) is 3. The lowest BCUT2D eigenvalue weighted by molar-refractivity contribution is 0.275. The maximum Gasteiger partial charge on any atom is 0.129 e. The van der Waals surface area contributed by atoms with Crippen molar-refractivity contribution < 1.29 is 14.6 Å². The van der Waals surface area contributed by atoms with Crippen LogP contribution in [0.5, 0.6) is 5.75 Å². The number of phenolic OH excluding ortho intramolecular Hbond substituents is 1. The number of rotatable bonds is 3. The van der Waals surface area contributed by atoms with Gasteiger partial charge in [0.2, 0.25) is 0 Å². The van der Waals surface area contributed by atoms with E-state index < -0.39 is 11.9 Å². The summed E-state index contributed by atoms with van der Waals surface area (Å²) in [4.78, 5) is 0. The molecule has 1 aromatic rings. The number of halogens is 1. The molecule has 4 heteroatoms. The zero-order valence-electron chi connectivity index (χ0n) is 8.00. The quantitative estimate of drug-likeness (QED) is 0.685. The smallest absolute Gasteiger partial charge is 0.129 e. The molecule has 0 saturated carbocycles. The molecule has 3 nitrogen and oxygen atoms in total. The van der Waals surface area contributed by atoms with Gasteiger partial charge in [0.15, 0.2) is 0 Å². The highest BCUT2D eigenvalue weighted by molar-refractivity contribution is 5.42. The molecule has 1 aromatic carbocycles. The van der Waals surface area contributed by atoms with Crippen LogP contribution in [0.4, 0.5) is 4.39 Å². The van der Waals surface area contributed by atoms with Gasteiger partial charge in [-0.1, -0.05) is 6.07 Å². The first-order valence-electron chi connectivity index (χ1n) is 4.42. The van der Waals surface area contributed by atoms with Crippen LogP contribution in [-0.4, -0.2) is 16.8 Å². The number of aliphatic hydroxyl groups is 1. The number of nitrogens with two attached hydrogens (primary N) is 1. The first kappa shape index (κ1) is 10.9. The van der Waals surface area contributed by atoms with Gasteiger partial charge in [0.1, 0.15) is 11.6 Å². The van der Waals surface area contributed by atoms with E-state index >= 15 is 0 Å². The fourth-order valence-electron chi connectivity index (χ4n) is 1.29. The predicted octanol–water partition coefficient (Wildman–Crippen LogP) is 1.22. The summed E-state index contributed by atoms with van der Waals surface area (Å²) in [5, 5.41) is 18.3. The van der Waals surface area contributed by atoms with Crippen LogP contribution < -0.4 is 5.73 Å². The molecular formula is C10H14FNO2. The molecular weight excluding hydrogens is 185 g/mol. The monoisotopic (exact) mass is 199 g/mol. The fraction of sp³-hybridized carbons (Fsp3) is 0.400. The Bertz CT molecular complexity index is 328. The summed E-state index contributed by atoms with van der Waals surface area (Å²) < 4.78 is 13.0. The van der Waals surface area contributed by atoms with Crippen molar-refractivity contribution in [2.24, 2.45) is 5.73 Å². The van der Waals surface area contributed by atoms with E-state index in [4.69, 9.17) is 10.8 Å². The lowest BCUT2D eigenvalue weighted by Crippen LogP contribution is -2.12. The minimum absolute atomic E-state index is 0.0585. The van der Waals surface area contributed by atoms with Crippen molar-refractivity contribution in [3.63, 3.8) is 0 Å². The lowest BCUT2D eigenvalue weighted by Gasteiger charge is -2.13. The summed E-state index contributed by atoms with van der Waals surface area (Å²) in [7, 11) is 0. The molecule has 4 N–H and O–H groups in total. The SMILES string of the molecule is Cc1c(F)ccc([C@H](N)CCO)c1O. The van der Waals surface area contributed by atoms with Crippen molar-refractivity contribution in [2.75, 3.05) is 6.61 Å². The van der Waals surface area contributed by atoms with Crippen LogP contribution in [0.15, 0.2) is 12.1 Å². The Morgan fingerprint density at radius 2 is 2.14 bits per heavy atom. The van der Waals surface area contributed by atoms with Crippen molar-refractivity contribution in [3.8, 4) is 5.75 Å². The van der Waals surface area contributed by atoms with E-state index in [1.807, 2.05) is 0 Å². The maximum atomic E-state index is 13.0. The molecule has 0 unspecified atom stereocenters. The van der Waals surface area contributed by atoms with Gasteiger partial charge >= 0.3 is 0 Å². The van der Waals surface area contributed by atoms with Crippen LogP contribution >= 0.6 is 0 Å². The summed E-state index contributed by atoms with van der Waals surface area (Å²) >= 11 is 0. The molecule has 0 aliphatic rings. The Labute approximate surface area is 82.0 Å². The molecule has 0 spiro atoms. The largest absolute Gasteiger partial charge is 0.507 e. The molecule has 0 aliphatic carbocycles. The molecule has 0 fully saturated rings. The third-order valence-corrected chi connectivity index (χ3v) is 2.24. The second-order valence-corrected chi connectivity index (χ2v) is 3.23. The summed E-state index contributed by atoms with van der Waals surface area (Å²) in [6, 6.07) is 2.25. The maximum absolute atomic E-state index is 13.0. The van der Waals surface area contributed by atoms with Crippen LogP contribution in [0, 0.1) is 12.7 Å². The topological polar surface area (TPSA) is 66.5 Å². The van der Waals surface area contributed by atoms with Crippen LogP contribution in [0.25, 0.3) is 0 Å². The molecule has 0 amide bonds. The number of benzene rings is 1. The summed E-state index contributed by atoms with van der Waals surface area (Å²) in [5.74, 6) is -0.576. The van der Waals surface area contributed by atoms with Gasteiger partial charge < -0.3 is 15.9 Å². The minimum atomic E-state index is -0.459. The lowest BCUT2D eigenvalue weighted by atomic mass is 10.0. The van der Waals surface area contributed by atoms with Gasteiger partial charge in [0.25, 0.3) is 0 Å². The number of hydrogen-bond acceptors (Lipinski definition) is 3. The Balaban J connectivity index is 3.04. The van der Waals surface area contributed by atoms with Crippen LogP contribution in [0.3, 0.4) is 0 Å². The zero-order valence-corrected chi connectivity index (χ0v) is 8.00. The standard InChI is InChI=1S/C10H14FNO2/c1-6-8(11)3-2-7(10(6)14)9(12)4-5-13/h2-3,9,13-14H,4-5,12H2,1H3/t9-/m1/s1. The summed E-state index contributed by atoms with van der Waals surface area (Å²) in [5.41, 5.74) is 6.34. The molecule has 0 aromatic heterocycles. The molecule has 0 radical (unpaired) electrons. The number of aromatic hydroxyl groups is 1. The van der Waals surface area contributed by atoms with Crippen LogP contribution in [0.2, 0.25) is 0 Å². The molecule has 0 bridgehead atoms. The third kappa shape index (κ3) is 2.02. The van der Waals surface area contributed by atoms with Crippen molar-refractivity contribution >= 4 is 0 Å². The fourth-order valence-corrected chi connectivity index (χ4v) is 1.29. The molecule has 78 valence electrons.